The molecule has 0 bridgehead atoms. The third-order valence-corrected chi connectivity index (χ3v) is 6.15. The van der Waals surface area contributed by atoms with Gasteiger partial charge in [0.2, 0.25) is 0 Å². The Labute approximate surface area is 172 Å². The minimum atomic E-state index is 0.786. The molecule has 0 N–H and O–H groups in total. The van der Waals surface area contributed by atoms with Crippen LogP contribution in [0.25, 0.3) is 54.3 Å². The van der Waals surface area contributed by atoms with Crippen molar-refractivity contribution in [3.63, 3.8) is 0 Å². The minimum Gasteiger partial charge on any atom is -0.215 e. The third-order valence-electron chi connectivity index (χ3n) is 5.39. The summed E-state index contributed by atoms with van der Waals surface area (Å²) in [6, 6.07) is 34.3. The van der Waals surface area contributed by atoms with Crippen molar-refractivity contribution < 1.29 is 0 Å². The smallest absolute Gasteiger partial charge is 0.173 e. The van der Waals surface area contributed by atoms with Gasteiger partial charge in [0.25, 0.3) is 0 Å². The molecule has 0 amide bonds. The van der Waals surface area contributed by atoms with Crippen molar-refractivity contribution >= 4 is 43.8 Å². The Morgan fingerprint density at radius 2 is 1.03 bits per heavy atom. The number of fused-ring (bicyclic) bond motifs is 3. The molecule has 5 aromatic carbocycles. The maximum absolute atomic E-state index is 4.83. The van der Waals surface area contributed by atoms with E-state index in [2.05, 4.69) is 101 Å². The lowest BCUT2D eigenvalue weighted by Crippen LogP contribution is -1.83. The van der Waals surface area contributed by atoms with E-state index in [9.17, 15) is 0 Å². The van der Waals surface area contributed by atoms with E-state index in [1.54, 1.807) is 0 Å². The first-order chi connectivity index (χ1) is 14.3. The van der Waals surface area contributed by atoms with Crippen LogP contribution < -0.4 is 0 Å². The summed E-state index contributed by atoms with van der Waals surface area (Å²) in [4.78, 5) is 4.83. The SMILES string of the molecule is c1ccc2cc(-c3nsc(-c4ccc5cc6ccccc6cc5c4)n3)ccc2c1. The second kappa shape index (κ2) is 6.50. The molecular formula is C26H16N2S. The van der Waals surface area contributed by atoms with E-state index in [-0.39, 0.29) is 0 Å². The van der Waals surface area contributed by atoms with Crippen molar-refractivity contribution in [3.05, 3.63) is 97.1 Å². The molecule has 6 rings (SSSR count). The molecule has 1 aromatic heterocycles. The van der Waals surface area contributed by atoms with Crippen molar-refractivity contribution in [1.82, 2.24) is 9.36 Å². The lowest BCUT2D eigenvalue weighted by Gasteiger charge is -2.04. The van der Waals surface area contributed by atoms with E-state index < -0.39 is 0 Å². The summed E-state index contributed by atoms with van der Waals surface area (Å²) < 4.78 is 4.63. The number of hydrogen-bond donors (Lipinski definition) is 0. The molecule has 136 valence electrons. The van der Waals surface area contributed by atoms with Gasteiger partial charge in [-0.1, -0.05) is 72.8 Å². The van der Waals surface area contributed by atoms with Crippen LogP contribution in [-0.4, -0.2) is 9.36 Å². The average molecular weight is 388 g/mol. The summed E-state index contributed by atoms with van der Waals surface area (Å²) in [6.45, 7) is 0. The molecule has 0 aliphatic carbocycles. The highest BCUT2D eigenvalue weighted by Gasteiger charge is 2.10. The number of aromatic nitrogens is 2. The van der Waals surface area contributed by atoms with E-state index in [0.29, 0.717) is 0 Å². The molecule has 0 fully saturated rings. The van der Waals surface area contributed by atoms with Crippen LogP contribution >= 0.6 is 11.5 Å². The molecule has 0 atom stereocenters. The molecule has 3 heteroatoms. The van der Waals surface area contributed by atoms with Crippen LogP contribution in [0.1, 0.15) is 0 Å². The van der Waals surface area contributed by atoms with Gasteiger partial charge >= 0.3 is 0 Å². The fraction of sp³-hybridized carbons (Fsp3) is 0. The topological polar surface area (TPSA) is 25.8 Å². The Kier molecular flexibility index (Phi) is 3.68. The van der Waals surface area contributed by atoms with E-state index in [4.69, 9.17) is 4.98 Å². The van der Waals surface area contributed by atoms with Crippen LogP contribution in [0.15, 0.2) is 97.1 Å². The van der Waals surface area contributed by atoms with Gasteiger partial charge in [0.15, 0.2) is 5.82 Å². The summed E-state index contributed by atoms with van der Waals surface area (Å²) in [5.74, 6) is 0.786. The normalized spacial score (nSPS) is 11.4. The Morgan fingerprint density at radius 1 is 0.483 bits per heavy atom. The molecular weight excluding hydrogens is 372 g/mol. The standard InChI is InChI=1S/C26H16N2S/c1-2-6-18-14-22(11-9-17(18)5-1)25-27-26(29-28-25)23-12-10-21-13-19-7-3-4-8-20(19)15-24(21)16-23/h1-16H. The van der Waals surface area contributed by atoms with Gasteiger partial charge in [0, 0.05) is 11.1 Å². The number of hydrogen-bond acceptors (Lipinski definition) is 3. The maximum Gasteiger partial charge on any atom is 0.173 e. The Morgan fingerprint density at radius 3 is 1.83 bits per heavy atom. The Hall–Kier alpha value is -3.56. The van der Waals surface area contributed by atoms with E-state index >= 15 is 0 Å². The second-order valence-corrected chi connectivity index (χ2v) is 8.00. The summed E-state index contributed by atoms with van der Waals surface area (Å²) in [5, 5.41) is 8.37. The van der Waals surface area contributed by atoms with Crippen LogP contribution in [0.4, 0.5) is 0 Å². The fourth-order valence-corrected chi connectivity index (χ4v) is 4.54. The molecule has 0 saturated heterocycles. The first-order valence-corrected chi connectivity index (χ1v) is 10.4. The average Bonchev–Trinajstić information content (AvgIpc) is 3.27. The molecule has 0 unspecified atom stereocenters. The number of rotatable bonds is 2. The van der Waals surface area contributed by atoms with E-state index in [0.717, 1.165) is 22.0 Å². The first-order valence-electron chi connectivity index (χ1n) is 9.59. The molecule has 6 aromatic rings. The van der Waals surface area contributed by atoms with Crippen LogP contribution in [0.3, 0.4) is 0 Å². The highest BCUT2D eigenvalue weighted by atomic mass is 32.1. The van der Waals surface area contributed by atoms with Crippen LogP contribution in [0, 0.1) is 0 Å². The van der Waals surface area contributed by atoms with Gasteiger partial charge in [-0.25, -0.2) is 4.98 Å². The predicted molar refractivity (Wildman–Crippen MR) is 123 cm³/mol. The van der Waals surface area contributed by atoms with Crippen LogP contribution in [-0.2, 0) is 0 Å². The molecule has 2 nitrogen and oxygen atoms in total. The lowest BCUT2D eigenvalue weighted by atomic mass is 10.0. The van der Waals surface area contributed by atoms with Crippen molar-refractivity contribution in [2.75, 3.05) is 0 Å². The molecule has 29 heavy (non-hydrogen) atoms. The highest BCUT2D eigenvalue weighted by molar-refractivity contribution is 7.09. The Balaban J connectivity index is 1.42. The van der Waals surface area contributed by atoms with Crippen molar-refractivity contribution in [2.24, 2.45) is 0 Å². The summed E-state index contributed by atoms with van der Waals surface area (Å²) in [7, 11) is 0. The Bertz CT molecular complexity index is 1510. The molecule has 0 aliphatic heterocycles. The fourth-order valence-electron chi connectivity index (χ4n) is 3.86. The van der Waals surface area contributed by atoms with Crippen LogP contribution in [0.5, 0.6) is 0 Å². The zero-order valence-electron chi connectivity index (χ0n) is 15.5. The van der Waals surface area contributed by atoms with Crippen LogP contribution in [0.2, 0.25) is 0 Å². The molecule has 0 spiro atoms. The molecule has 0 radical (unpaired) electrons. The van der Waals surface area contributed by atoms with Gasteiger partial charge in [-0.3, -0.25) is 0 Å². The predicted octanol–water partition coefficient (Wildman–Crippen LogP) is 7.33. The van der Waals surface area contributed by atoms with Gasteiger partial charge in [0.05, 0.1) is 0 Å². The lowest BCUT2D eigenvalue weighted by molar-refractivity contribution is 1.33. The van der Waals surface area contributed by atoms with Gasteiger partial charge in [-0.2, -0.15) is 4.37 Å². The summed E-state index contributed by atoms with van der Waals surface area (Å²) in [6.07, 6.45) is 0. The maximum atomic E-state index is 4.83. The molecule has 0 saturated carbocycles. The first kappa shape index (κ1) is 16.4. The minimum absolute atomic E-state index is 0.786. The molecule has 1 heterocycles. The van der Waals surface area contributed by atoms with Gasteiger partial charge in [-0.05, 0) is 68.1 Å². The van der Waals surface area contributed by atoms with Crippen molar-refractivity contribution in [1.29, 1.82) is 0 Å². The van der Waals surface area contributed by atoms with E-state index in [1.807, 2.05) is 0 Å². The van der Waals surface area contributed by atoms with Crippen molar-refractivity contribution in [2.45, 2.75) is 0 Å². The second-order valence-electron chi connectivity index (χ2n) is 7.25. The quantitative estimate of drug-likeness (QED) is 0.290. The zero-order chi connectivity index (χ0) is 19.2. The van der Waals surface area contributed by atoms with Gasteiger partial charge in [-0.15, -0.1) is 0 Å². The third kappa shape index (κ3) is 2.87. The zero-order valence-corrected chi connectivity index (χ0v) is 16.4. The monoisotopic (exact) mass is 388 g/mol. The van der Waals surface area contributed by atoms with Gasteiger partial charge < -0.3 is 0 Å². The van der Waals surface area contributed by atoms with Gasteiger partial charge in [0.1, 0.15) is 5.01 Å². The number of nitrogens with zero attached hydrogens (tertiary/aromatic N) is 2. The summed E-state index contributed by atoms with van der Waals surface area (Å²) >= 11 is 1.45. The van der Waals surface area contributed by atoms with Crippen molar-refractivity contribution in [3.8, 4) is 22.0 Å². The van der Waals surface area contributed by atoms with E-state index in [1.165, 1.54) is 43.8 Å². The highest BCUT2D eigenvalue weighted by Crippen LogP contribution is 2.31. The summed E-state index contributed by atoms with van der Waals surface area (Å²) in [5.41, 5.74) is 2.16. The molecule has 0 aliphatic rings. The number of benzene rings is 5. The largest absolute Gasteiger partial charge is 0.215 e.